The van der Waals surface area contributed by atoms with E-state index in [1.54, 1.807) is 0 Å². The van der Waals surface area contributed by atoms with Gasteiger partial charge in [-0.3, -0.25) is 4.79 Å². The molecule has 0 saturated carbocycles. The molecule has 2 heterocycles. The van der Waals surface area contributed by atoms with Crippen molar-refractivity contribution >= 4 is 33.2 Å². The predicted octanol–water partition coefficient (Wildman–Crippen LogP) is 0.421. The summed E-state index contributed by atoms with van der Waals surface area (Å²) in [4.78, 5) is 22.7. The minimum absolute atomic E-state index is 0.0446. The molecule has 2 rings (SSSR count). The number of ether oxygens (including phenoxy) is 1. The molecule has 1 saturated heterocycles. The Bertz CT molecular complexity index is 644. The Morgan fingerprint density at radius 3 is 2.52 bits per heavy atom. The number of piperidine rings is 1. The lowest BCUT2D eigenvalue weighted by Crippen LogP contribution is -2.41. The summed E-state index contributed by atoms with van der Waals surface area (Å²) < 4.78 is 31.0. The Balaban J connectivity index is 2.22. The predicted molar refractivity (Wildman–Crippen MR) is 76.3 cm³/mol. The lowest BCUT2D eigenvalue weighted by atomic mass is 9.98. The van der Waals surface area contributed by atoms with Gasteiger partial charge >= 0.3 is 5.97 Å². The summed E-state index contributed by atoms with van der Waals surface area (Å²) in [6.07, 6.45) is 0.790. The van der Waals surface area contributed by atoms with Gasteiger partial charge in [-0.2, -0.15) is 4.31 Å². The Morgan fingerprint density at radius 2 is 2.00 bits per heavy atom. The molecule has 0 unspecified atom stereocenters. The third-order valence-electron chi connectivity index (χ3n) is 3.47. The first-order valence-electron chi connectivity index (χ1n) is 6.33. The molecule has 2 N–H and O–H groups in total. The fourth-order valence-electron chi connectivity index (χ4n) is 2.26. The maximum absolute atomic E-state index is 12.6. The zero-order chi connectivity index (χ0) is 15.6. The van der Waals surface area contributed by atoms with E-state index in [0.717, 1.165) is 11.3 Å². The Hall–Kier alpha value is -1.45. The van der Waals surface area contributed by atoms with Crippen LogP contribution in [0.3, 0.4) is 0 Å². The normalized spacial score (nSPS) is 17.6. The number of rotatable bonds is 4. The van der Waals surface area contributed by atoms with Crippen LogP contribution in [0.4, 0.5) is 0 Å². The third kappa shape index (κ3) is 3.09. The van der Waals surface area contributed by atoms with Crippen LogP contribution in [-0.2, 0) is 19.6 Å². The maximum atomic E-state index is 12.6. The van der Waals surface area contributed by atoms with Crippen LogP contribution in [0.15, 0.2) is 16.3 Å². The van der Waals surface area contributed by atoms with Crippen molar-refractivity contribution in [2.45, 2.75) is 17.7 Å². The number of esters is 1. The number of carbonyl (C=O) groups is 2. The van der Waals surface area contributed by atoms with E-state index in [1.165, 1.54) is 22.9 Å². The zero-order valence-electron chi connectivity index (χ0n) is 11.4. The van der Waals surface area contributed by atoms with Crippen LogP contribution in [0.2, 0.25) is 0 Å². The molecule has 1 aromatic heterocycles. The molecule has 21 heavy (non-hydrogen) atoms. The zero-order valence-corrected chi connectivity index (χ0v) is 13.1. The van der Waals surface area contributed by atoms with Crippen LogP contribution in [0, 0.1) is 5.92 Å². The van der Waals surface area contributed by atoms with Crippen LogP contribution in [0.25, 0.3) is 0 Å². The number of thiophene rings is 1. The highest BCUT2D eigenvalue weighted by Gasteiger charge is 2.34. The van der Waals surface area contributed by atoms with Gasteiger partial charge in [0.25, 0.3) is 0 Å². The molecule has 1 fully saturated rings. The van der Waals surface area contributed by atoms with E-state index < -0.39 is 21.9 Å². The minimum atomic E-state index is -3.76. The summed E-state index contributed by atoms with van der Waals surface area (Å²) in [5.41, 5.74) is 5.23. The highest BCUT2D eigenvalue weighted by atomic mass is 32.2. The Labute approximate surface area is 126 Å². The molecule has 1 aromatic rings. The first-order valence-corrected chi connectivity index (χ1v) is 8.65. The third-order valence-corrected chi connectivity index (χ3v) is 6.44. The molecule has 1 aliphatic heterocycles. The van der Waals surface area contributed by atoms with Gasteiger partial charge in [0.15, 0.2) is 0 Å². The van der Waals surface area contributed by atoms with E-state index in [4.69, 9.17) is 5.73 Å². The molecule has 0 aliphatic carbocycles. The van der Waals surface area contributed by atoms with E-state index in [9.17, 15) is 18.0 Å². The van der Waals surface area contributed by atoms with E-state index in [1.807, 2.05) is 0 Å². The summed E-state index contributed by atoms with van der Waals surface area (Å²) in [6, 6.07) is 1.40. The number of methoxy groups -OCH3 is 1. The van der Waals surface area contributed by atoms with Crippen molar-refractivity contribution in [3.05, 3.63) is 16.3 Å². The van der Waals surface area contributed by atoms with E-state index in [-0.39, 0.29) is 28.8 Å². The van der Waals surface area contributed by atoms with Gasteiger partial charge in [0.05, 0.1) is 7.11 Å². The van der Waals surface area contributed by atoms with E-state index in [0.29, 0.717) is 12.8 Å². The molecular weight excluding hydrogens is 316 g/mol. The summed E-state index contributed by atoms with van der Waals surface area (Å²) in [5, 5.41) is 1.54. The second kappa shape index (κ2) is 6.12. The molecule has 0 atom stereocenters. The topological polar surface area (TPSA) is 107 Å². The van der Waals surface area contributed by atoms with Crippen molar-refractivity contribution in [3.63, 3.8) is 0 Å². The van der Waals surface area contributed by atoms with Crippen LogP contribution in [0.5, 0.6) is 0 Å². The number of hydrogen-bond acceptors (Lipinski definition) is 6. The fraction of sp³-hybridized carbons (Fsp3) is 0.500. The van der Waals surface area contributed by atoms with Crippen LogP contribution in [0.1, 0.15) is 22.5 Å². The quantitative estimate of drug-likeness (QED) is 0.804. The molecule has 7 nitrogen and oxygen atoms in total. The molecule has 0 aromatic carbocycles. The van der Waals surface area contributed by atoms with Gasteiger partial charge in [-0.1, -0.05) is 0 Å². The van der Waals surface area contributed by atoms with Gasteiger partial charge in [0.1, 0.15) is 9.77 Å². The van der Waals surface area contributed by atoms with E-state index in [2.05, 4.69) is 4.74 Å². The molecule has 0 bridgehead atoms. The first kappa shape index (κ1) is 15.9. The fourth-order valence-corrected chi connectivity index (χ4v) is 5.04. The number of hydrogen-bond donors (Lipinski definition) is 1. The Kier molecular flexibility index (Phi) is 4.64. The number of sulfonamides is 1. The molecular formula is C12H16N2O5S2. The second-order valence-electron chi connectivity index (χ2n) is 4.69. The summed E-state index contributed by atoms with van der Waals surface area (Å²) in [7, 11) is -2.56. The van der Waals surface area contributed by atoms with Gasteiger partial charge in [0, 0.05) is 19.0 Å². The highest BCUT2D eigenvalue weighted by molar-refractivity contribution is 7.89. The second-order valence-corrected chi connectivity index (χ2v) is 7.51. The van der Waals surface area contributed by atoms with Gasteiger partial charge in [-0.25, -0.2) is 13.2 Å². The molecule has 1 amide bonds. The monoisotopic (exact) mass is 332 g/mol. The smallest absolute Gasteiger partial charge is 0.349 e. The van der Waals surface area contributed by atoms with Crippen LogP contribution < -0.4 is 5.73 Å². The van der Waals surface area contributed by atoms with Crippen molar-refractivity contribution in [1.82, 2.24) is 4.31 Å². The highest BCUT2D eigenvalue weighted by Crippen LogP contribution is 2.29. The number of carbonyl (C=O) groups excluding carboxylic acids is 2. The first-order chi connectivity index (χ1) is 9.87. The average molecular weight is 332 g/mol. The molecule has 9 heteroatoms. The number of primary amides is 1. The molecule has 116 valence electrons. The number of amides is 1. The number of nitrogens with two attached hydrogens (primary N) is 1. The van der Waals surface area contributed by atoms with Gasteiger partial charge < -0.3 is 10.5 Å². The van der Waals surface area contributed by atoms with Crippen molar-refractivity contribution < 1.29 is 22.7 Å². The maximum Gasteiger partial charge on any atom is 0.349 e. The average Bonchev–Trinajstić information content (AvgIpc) is 2.96. The van der Waals surface area contributed by atoms with Gasteiger partial charge in [-0.15, -0.1) is 11.3 Å². The van der Waals surface area contributed by atoms with E-state index >= 15 is 0 Å². The standard InChI is InChI=1S/C12H16N2O5S2/c1-19-12(16)10-9(4-7-20-10)21(17,18)14-5-2-8(3-6-14)11(13)15/h4,7-8H,2-3,5-6H2,1H3,(H2,13,15). The molecule has 1 aliphatic rings. The summed E-state index contributed by atoms with van der Waals surface area (Å²) in [6.45, 7) is 0.429. The molecule has 0 spiro atoms. The van der Waals surface area contributed by atoms with Crippen LogP contribution in [-0.4, -0.2) is 44.8 Å². The number of nitrogens with zero attached hydrogens (tertiary/aromatic N) is 1. The molecule has 0 radical (unpaired) electrons. The van der Waals surface area contributed by atoms with Gasteiger partial charge in [0.2, 0.25) is 15.9 Å². The SMILES string of the molecule is COC(=O)c1sccc1S(=O)(=O)N1CCC(C(N)=O)CC1. The van der Waals surface area contributed by atoms with Crippen molar-refractivity contribution in [3.8, 4) is 0 Å². The lowest BCUT2D eigenvalue weighted by molar-refractivity contribution is -0.122. The Morgan fingerprint density at radius 1 is 1.38 bits per heavy atom. The van der Waals surface area contributed by atoms with Crippen LogP contribution >= 0.6 is 11.3 Å². The van der Waals surface area contributed by atoms with Gasteiger partial charge in [-0.05, 0) is 24.3 Å². The summed E-state index contributed by atoms with van der Waals surface area (Å²) in [5.74, 6) is -1.37. The minimum Gasteiger partial charge on any atom is -0.465 e. The largest absolute Gasteiger partial charge is 0.465 e. The van der Waals surface area contributed by atoms with Crippen molar-refractivity contribution in [1.29, 1.82) is 0 Å². The summed E-state index contributed by atoms with van der Waals surface area (Å²) >= 11 is 1.02. The lowest BCUT2D eigenvalue weighted by Gasteiger charge is -2.29. The van der Waals surface area contributed by atoms with Crippen molar-refractivity contribution in [2.75, 3.05) is 20.2 Å². The van der Waals surface area contributed by atoms with Crippen molar-refractivity contribution in [2.24, 2.45) is 11.7 Å².